The van der Waals surface area contributed by atoms with Gasteiger partial charge in [-0.1, -0.05) is 18.2 Å². The molecule has 0 spiro atoms. The zero-order valence-corrected chi connectivity index (χ0v) is 8.43. The first-order valence-corrected chi connectivity index (χ1v) is 4.90. The van der Waals surface area contributed by atoms with Crippen LogP contribution in [-0.4, -0.2) is 23.8 Å². The van der Waals surface area contributed by atoms with Crippen molar-refractivity contribution in [2.24, 2.45) is 0 Å². The highest BCUT2D eigenvalue weighted by atomic mass is 19.1. The minimum atomic E-state index is -0.956. The molecule has 1 aromatic rings. The van der Waals surface area contributed by atoms with Gasteiger partial charge in [0.2, 0.25) is 0 Å². The molecule has 2 atom stereocenters. The molecule has 1 saturated heterocycles. The molecule has 0 aliphatic carbocycles. The van der Waals surface area contributed by atoms with Gasteiger partial charge in [-0.3, -0.25) is 4.79 Å². The van der Waals surface area contributed by atoms with Crippen LogP contribution in [0.15, 0.2) is 24.3 Å². The number of hydrogen-bond donors (Lipinski definition) is 1. The summed E-state index contributed by atoms with van der Waals surface area (Å²) in [6.07, 6.45) is -1.45. The fourth-order valence-electron chi connectivity index (χ4n) is 1.58. The summed E-state index contributed by atoms with van der Waals surface area (Å²) in [4.78, 5) is 10.5. The maximum atomic E-state index is 13.4. The van der Waals surface area contributed by atoms with E-state index in [9.17, 15) is 9.18 Å². The van der Waals surface area contributed by atoms with E-state index in [0.717, 1.165) is 0 Å². The summed E-state index contributed by atoms with van der Waals surface area (Å²) < 4.78 is 23.9. The highest BCUT2D eigenvalue weighted by molar-refractivity contribution is 5.67. The van der Waals surface area contributed by atoms with Crippen LogP contribution in [0.25, 0.3) is 0 Å². The number of carbonyl (C=O) groups is 1. The summed E-state index contributed by atoms with van der Waals surface area (Å²) >= 11 is 0. The zero-order chi connectivity index (χ0) is 11.5. The Morgan fingerprint density at radius 2 is 2.25 bits per heavy atom. The third kappa shape index (κ3) is 2.37. The molecule has 1 aliphatic heterocycles. The Morgan fingerprint density at radius 1 is 1.50 bits per heavy atom. The van der Waals surface area contributed by atoms with Crippen LogP contribution in [0.1, 0.15) is 18.3 Å². The van der Waals surface area contributed by atoms with Crippen LogP contribution >= 0.6 is 0 Å². The molecule has 1 aliphatic rings. The Hall–Kier alpha value is -1.46. The first kappa shape index (κ1) is 11.0. The van der Waals surface area contributed by atoms with Crippen molar-refractivity contribution in [3.05, 3.63) is 35.6 Å². The van der Waals surface area contributed by atoms with Crippen molar-refractivity contribution in [2.75, 3.05) is 6.61 Å². The van der Waals surface area contributed by atoms with Crippen molar-refractivity contribution >= 4 is 5.97 Å². The van der Waals surface area contributed by atoms with E-state index in [-0.39, 0.29) is 13.0 Å². The molecule has 4 nitrogen and oxygen atoms in total. The largest absolute Gasteiger partial charge is 0.481 e. The molecule has 0 radical (unpaired) electrons. The average Bonchev–Trinajstić information content (AvgIpc) is 2.66. The Bertz CT molecular complexity index is 393. The van der Waals surface area contributed by atoms with Gasteiger partial charge >= 0.3 is 5.97 Å². The van der Waals surface area contributed by atoms with Gasteiger partial charge in [-0.05, 0) is 6.07 Å². The highest BCUT2D eigenvalue weighted by Crippen LogP contribution is 2.29. The highest BCUT2D eigenvalue weighted by Gasteiger charge is 2.30. The summed E-state index contributed by atoms with van der Waals surface area (Å²) in [5.41, 5.74) is 0.301. The second kappa shape index (κ2) is 4.59. The van der Waals surface area contributed by atoms with Gasteiger partial charge in [-0.25, -0.2) is 4.39 Å². The van der Waals surface area contributed by atoms with Crippen molar-refractivity contribution in [3.8, 4) is 0 Å². The topological polar surface area (TPSA) is 55.8 Å². The molecule has 0 saturated carbocycles. The second-order valence-electron chi connectivity index (χ2n) is 3.54. The summed E-state index contributed by atoms with van der Waals surface area (Å²) in [6.45, 7) is 0.172. The third-order valence-corrected chi connectivity index (χ3v) is 2.31. The Kier molecular flexibility index (Phi) is 3.17. The molecule has 2 rings (SSSR count). The van der Waals surface area contributed by atoms with Crippen LogP contribution in [-0.2, 0) is 14.3 Å². The number of halogens is 1. The summed E-state index contributed by atoms with van der Waals surface area (Å²) in [6, 6.07) is 6.12. The number of hydrogen-bond acceptors (Lipinski definition) is 3. The molecule has 2 unspecified atom stereocenters. The number of ether oxygens (including phenoxy) is 2. The number of rotatable bonds is 3. The fourth-order valence-corrected chi connectivity index (χ4v) is 1.58. The lowest BCUT2D eigenvalue weighted by Gasteiger charge is -2.11. The summed E-state index contributed by atoms with van der Waals surface area (Å²) in [7, 11) is 0. The van der Waals surface area contributed by atoms with Gasteiger partial charge in [0.15, 0.2) is 6.29 Å². The van der Waals surface area contributed by atoms with E-state index in [0.29, 0.717) is 5.56 Å². The standard InChI is InChI=1S/C11H11FO4/c12-9-4-2-1-3-8(9)11-15-6-7(16-11)5-10(13)14/h1-4,7,11H,5-6H2,(H,13,14). The van der Waals surface area contributed by atoms with Gasteiger partial charge in [0, 0.05) is 5.56 Å². The quantitative estimate of drug-likeness (QED) is 0.852. The van der Waals surface area contributed by atoms with Crippen LogP contribution in [0, 0.1) is 5.82 Å². The lowest BCUT2D eigenvalue weighted by atomic mass is 10.2. The van der Waals surface area contributed by atoms with Gasteiger partial charge in [0.1, 0.15) is 5.82 Å². The van der Waals surface area contributed by atoms with E-state index in [1.165, 1.54) is 6.07 Å². The van der Waals surface area contributed by atoms with Crippen molar-refractivity contribution in [2.45, 2.75) is 18.8 Å². The van der Waals surface area contributed by atoms with Crippen LogP contribution in [0.2, 0.25) is 0 Å². The van der Waals surface area contributed by atoms with Gasteiger partial charge in [0.05, 0.1) is 19.1 Å². The van der Waals surface area contributed by atoms with Crippen LogP contribution in [0.4, 0.5) is 4.39 Å². The van der Waals surface area contributed by atoms with Gasteiger partial charge < -0.3 is 14.6 Å². The molecule has 16 heavy (non-hydrogen) atoms. The molecule has 0 amide bonds. The third-order valence-electron chi connectivity index (χ3n) is 2.31. The van der Waals surface area contributed by atoms with E-state index in [2.05, 4.69) is 0 Å². The van der Waals surface area contributed by atoms with Crippen molar-refractivity contribution in [1.29, 1.82) is 0 Å². The fraction of sp³-hybridized carbons (Fsp3) is 0.364. The van der Waals surface area contributed by atoms with E-state index in [4.69, 9.17) is 14.6 Å². The molecular weight excluding hydrogens is 215 g/mol. The van der Waals surface area contributed by atoms with E-state index in [1.54, 1.807) is 18.2 Å². The molecule has 86 valence electrons. The lowest BCUT2D eigenvalue weighted by Crippen LogP contribution is -2.15. The minimum absolute atomic E-state index is 0.134. The molecule has 0 bridgehead atoms. The molecule has 0 aromatic heterocycles. The van der Waals surface area contributed by atoms with Crippen LogP contribution < -0.4 is 0 Å². The maximum Gasteiger partial charge on any atom is 0.306 e. The first-order valence-electron chi connectivity index (χ1n) is 4.90. The molecule has 1 heterocycles. The zero-order valence-electron chi connectivity index (χ0n) is 8.43. The molecule has 1 aromatic carbocycles. The Labute approximate surface area is 91.6 Å². The average molecular weight is 226 g/mol. The monoisotopic (exact) mass is 226 g/mol. The van der Waals surface area contributed by atoms with E-state index in [1.807, 2.05) is 0 Å². The number of aliphatic carboxylic acids is 1. The lowest BCUT2D eigenvalue weighted by molar-refractivity contribution is -0.140. The van der Waals surface area contributed by atoms with Crippen molar-refractivity contribution in [3.63, 3.8) is 0 Å². The number of carboxylic acid groups (broad SMARTS) is 1. The van der Waals surface area contributed by atoms with E-state index < -0.39 is 24.2 Å². The predicted molar refractivity (Wildman–Crippen MR) is 52.2 cm³/mol. The van der Waals surface area contributed by atoms with Gasteiger partial charge in [-0.2, -0.15) is 0 Å². The summed E-state index contributed by atoms with van der Waals surface area (Å²) in [5.74, 6) is -1.37. The predicted octanol–water partition coefficient (Wildman–Crippen LogP) is 1.71. The van der Waals surface area contributed by atoms with E-state index >= 15 is 0 Å². The van der Waals surface area contributed by atoms with Gasteiger partial charge in [-0.15, -0.1) is 0 Å². The van der Waals surface area contributed by atoms with Crippen LogP contribution in [0.3, 0.4) is 0 Å². The van der Waals surface area contributed by atoms with Crippen molar-refractivity contribution < 1.29 is 23.8 Å². The van der Waals surface area contributed by atoms with Crippen molar-refractivity contribution in [1.82, 2.24) is 0 Å². The summed E-state index contributed by atoms with van der Waals surface area (Å²) in [5, 5.41) is 8.58. The Morgan fingerprint density at radius 3 is 2.94 bits per heavy atom. The smallest absolute Gasteiger partial charge is 0.306 e. The SMILES string of the molecule is O=C(O)CC1COC(c2ccccc2F)O1. The molecule has 1 N–H and O–H groups in total. The maximum absolute atomic E-state index is 13.4. The molecule has 5 heteroatoms. The second-order valence-corrected chi connectivity index (χ2v) is 3.54. The van der Waals surface area contributed by atoms with Gasteiger partial charge in [0.25, 0.3) is 0 Å². The minimum Gasteiger partial charge on any atom is -0.481 e. The number of benzene rings is 1. The molecular formula is C11H11FO4. The number of carboxylic acids is 1. The normalized spacial score (nSPS) is 24.6. The first-order chi connectivity index (χ1) is 7.66. The molecule has 1 fully saturated rings. The Balaban J connectivity index is 2.04. The van der Waals surface area contributed by atoms with Crippen LogP contribution in [0.5, 0.6) is 0 Å².